The standard InChI is InChI=1S/C15H14N4O3/c1-19(15(20)21)9-13-17-7-5-14(18-13)22-11-2-3-12-10(8-11)4-6-16-12/h2-8,16H,9H2,1H3,(H,20,21). The number of amides is 1. The third kappa shape index (κ3) is 2.98. The number of benzene rings is 1. The molecule has 7 heteroatoms. The van der Waals surface area contributed by atoms with Gasteiger partial charge in [0.2, 0.25) is 5.88 Å². The van der Waals surface area contributed by atoms with Crippen molar-refractivity contribution in [3.63, 3.8) is 0 Å². The monoisotopic (exact) mass is 298 g/mol. The van der Waals surface area contributed by atoms with Gasteiger partial charge < -0.3 is 19.7 Å². The van der Waals surface area contributed by atoms with Gasteiger partial charge in [0.1, 0.15) is 5.75 Å². The first-order valence-electron chi connectivity index (χ1n) is 6.63. The van der Waals surface area contributed by atoms with E-state index >= 15 is 0 Å². The molecule has 3 rings (SSSR count). The van der Waals surface area contributed by atoms with Gasteiger partial charge >= 0.3 is 6.09 Å². The molecule has 0 atom stereocenters. The van der Waals surface area contributed by atoms with Gasteiger partial charge in [0, 0.05) is 36.4 Å². The van der Waals surface area contributed by atoms with Crippen molar-refractivity contribution in [3.05, 3.63) is 48.5 Å². The molecule has 0 fully saturated rings. The number of ether oxygens (including phenoxy) is 1. The first kappa shape index (κ1) is 13.9. The van der Waals surface area contributed by atoms with Crippen molar-refractivity contribution in [2.75, 3.05) is 7.05 Å². The lowest BCUT2D eigenvalue weighted by Gasteiger charge is -2.12. The van der Waals surface area contributed by atoms with Crippen molar-refractivity contribution < 1.29 is 14.6 Å². The molecular formula is C15H14N4O3. The third-order valence-corrected chi connectivity index (χ3v) is 3.13. The maximum Gasteiger partial charge on any atom is 0.407 e. The van der Waals surface area contributed by atoms with Gasteiger partial charge in [-0.1, -0.05) is 0 Å². The van der Waals surface area contributed by atoms with Crippen LogP contribution in [0.1, 0.15) is 5.82 Å². The zero-order valence-electron chi connectivity index (χ0n) is 11.9. The quantitative estimate of drug-likeness (QED) is 0.772. The van der Waals surface area contributed by atoms with Gasteiger partial charge in [0.15, 0.2) is 5.82 Å². The van der Waals surface area contributed by atoms with Crippen LogP contribution in [0, 0.1) is 0 Å². The van der Waals surface area contributed by atoms with E-state index in [1.54, 1.807) is 12.3 Å². The van der Waals surface area contributed by atoms with Crippen LogP contribution in [0.4, 0.5) is 4.79 Å². The lowest BCUT2D eigenvalue weighted by atomic mass is 10.2. The summed E-state index contributed by atoms with van der Waals surface area (Å²) in [4.78, 5) is 23.3. The molecule has 2 heterocycles. The van der Waals surface area contributed by atoms with E-state index < -0.39 is 6.09 Å². The Hall–Kier alpha value is -3.09. The number of carboxylic acid groups (broad SMARTS) is 1. The molecule has 2 N–H and O–H groups in total. The number of fused-ring (bicyclic) bond motifs is 1. The molecule has 1 amide bonds. The molecule has 0 bridgehead atoms. The highest BCUT2D eigenvalue weighted by atomic mass is 16.5. The van der Waals surface area contributed by atoms with Crippen LogP contribution in [-0.4, -0.2) is 38.1 Å². The average Bonchev–Trinajstić information content (AvgIpc) is 2.95. The predicted octanol–water partition coefficient (Wildman–Crippen LogP) is 2.86. The zero-order valence-corrected chi connectivity index (χ0v) is 11.9. The van der Waals surface area contributed by atoms with E-state index in [4.69, 9.17) is 9.84 Å². The second-order valence-electron chi connectivity index (χ2n) is 4.78. The highest BCUT2D eigenvalue weighted by Crippen LogP contribution is 2.23. The van der Waals surface area contributed by atoms with Gasteiger partial charge in [0.05, 0.1) is 6.54 Å². The fourth-order valence-electron chi connectivity index (χ4n) is 2.01. The topological polar surface area (TPSA) is 91.3 Å². The van der Waals surface area contributed by atoms with Crippen LogP contribution in [0.2, 0.25) is 0 Å². The molecule has 0 aliphatic carbocycles. The number of carbonyl (C=O) groups is 1. The number of nitrogens with one attached hydrogen (secondary N) is 1. The van der Waals surface area contributed by atoms with Gasteiger partial charge in [0.25, 0.3) is 0 Å². The fraction of sp³-hybridized carbons (Fsp3) is 0.133. The van der Waals surface area contributed by atoms with Crippen molar-refractivity contribution in [1.29, 1.82) is 0 Å². The smallest absolute Gasteiger partial charge is 0.407 e. The Morgan fingerprint density at radius 3 is 3.05 bits per heavy atom. The predicted molar refractivity (Wildman–Crippen MR) is 79.9 cm³/mol. The van der Waals surface area contributed by atoms with Crippen LogP contribution in [0.5, 0.6) is 11.6 Å². The Labute approximate surface area is 126 Å². The average molecular weight is 298 g/mol. The number of nitrogens with zero attached hydrogens (tertiary/aromatic N) is 3. The molecule has 2 aromatic heterocycles. The Balaban J connectivity index is 1.78. The number of hydrogen-bond donors (Lipinski definition) is 2. The summed E-state index contributed by atoms with van der Waals surface area (Å²) in [7, 11) is 1.46. The molecule has 7 nitrogen and oxygen atoms in total. The van der Waals surface area contributed by atoms with Crippen LogP contribution in [0.25, 0.3) is 10.9 Å². The second-order valence-corrected chi connectivity index (χ2v) is 4.78. The Bertz CT molecular complexity index is 815. The summed E-state index contributed by atoms with van der Waals surface area (Å²) >= 11 is 0. The molecule has 112 valence electrons. The lowest BCUT2D eigenvalue weighted by Crippen LogP contribution is -2.25. The normalized spacial score (nSPS) is 10.6. The molecule has 0 aliphatic heterocycles. The van der Waals surface area contributed by atoms with Crippen molar-refractivity contribution >= 4 is 17.0 Å². The number of rotatable bonds is 4. The Morgan fingerprint density at radius 1 is 1.36 bits per heavy atom. The Morgan fingerprint density at radius 2 is 2.23 bits per heavy atom. The van der Waals surface area contributed by atoms with Crippen molar-refractivity contribution in [3.8, 4) is 11.6 Å². The third-order valence-electron chi connectivity index (χ3n) is 3.13. The largest absolute Gasteiger partial charge is 0.465 e. The van der Waals surface area contributed by atoms with Crippen LogP contribution in [0.3, 0.4) is 0 Å². The van der Waals surface area contributed by atoms with E-state index in [0.29, 0.717) is 17.5 Å². The van der Waals surface area contributed by atoms with Crippen LogP contribution in [-0.2, 0) is 6.54 Å². The molecule has 0 radical (unpaired) electrons. The highest BCUT2D eigenvalue weighted by Gasteiger charge is 2.09. The first-order chi connectivity index (χ1) is 10.6. The molecule has 0 saturated heterocycles. The molecule has 22 heavy (non-hydrogen) atoms. The van der Waals surface area contributed by atoms with Crippen LogP contribution in [0.15, 0.2) is 42.7 Å². The SMILES string of the molecule is CN(Cc1nccc(Oc2ccc3[nH]ccc3c2)n1)C(=O)O. The first-order valence-corrected chi connectivity index (χ1v) is 6.63. The summed E-state index contributed by atoms with van der Waals surface area (Å²) in [6, 6.07) is 9.24. The lowest BCUT2D eigenvalue weighted by molar-refractivity contribution is 0.152. The summed E-state index contributed by atoms with van der Waals surface area (Å²) < 4.78 is 5.71. The number of aromatic amines is 1. The summed E-state index contributed by atoms with van der Waals surface area (Å²) in [5.74, 6) is 1.41. The number of aromatic nitrogens is 3. The van der Waals surface area contributed by atoms with E-state index in [2.05, 4.69) is 15.0 Å². The summed E-state index contributed by atoms with van der Waals surface area (Å²) in [6.07, 6.45) is 2.37. The Kier molecular flexibility index (Phi) is 3.61. The maximum atomic E-state index is 10.8. The van der Waals surface area contributed by atoms with Crippen LogP contribution < -0.4 is 4.74 Å². The highest BCUT2D eigenvalue weighted by molar-refractivity contribution is 5.80. The van der Waals surface area contributed by atoms with Gasteiger partial charge in [-0.15, -0.1) is 0 Å². The molecular weight excluding hydrogens is 284 g/mol. The maximum absolute atomic E-state index is 10.8. The fourth-order valence-corrected chi connectivity index (χ4v) is 2.01. The van der Waals surface area contributed by atoms with Gasteiger partial charge in [-0.25, -0.2) is 9.78 Å². The van der Waals surface area contributed by atoms with E-state index in [1.165, 1.54) is 7.05 Å². The second kappa shape index (κ2) is 5.72. The van der Waals surface area contributed by atoms with E-state index in [1.807, 2.05) is 30.5 Å². The van der Waals surface area contributed by atoms with Gasteiger partial charge in [-0.3, -0.25) is 0 Å². The zero-order chi connectivity index (χ0) is 15.5. The molecule has 0 saturated carbocycles. The van der Waals surface area contributed by atoms with Gasteiger partial charge in [-0.2, -0.15) is 4.98 Å². The summed E-state index contributed by atoms with van der Waals surface area (Å²) in [6.45, 7) is 0.101. The molecule has 0 spiro atoms. The van der Waals surface area contributed by atoms with Crippen molar-refractivity contribution in [1.82, 2.24) is 19.9 Å². The minimum atomic E-state index is -1.03. The van der Waals surface area contributed by atoms with E-state index in [0.717, 1.165) is 15.8 Å². The molecule has 0 aliphatic rings. The minimum Gasteiger partial charge on any atom is -0.465 e. The van der Waals surface area contributed by atoms with Crippen LogP contribution >= 0.6 is 0 Å². The van der Waals surface area contributed by atoms with Gasteiger partial charge in [-0.05, 0) is 24.3 Å². The van der Waals surface area contributed by atoms with E-state index in [9.17, 15) is 4.79 Å². The number of hydrogen-bond acceptors (Lipinski definition) is 4. The van der Waals surface area contributed by atoms with Crippen molar-refractivity contribution in [2.45, 2.75) is 6.54 Å². The molecule has 1 aromatic carbocycles. The number of H-pyrrole nitrogens is 1. The minimum absolute atomic E-state index is 0.101. The summed E-state index contributed by atoms with van der Waals surface area (Å²) in [5.41, 5.74) is 1.03. The van der Waals surface area contributed by atoms with E-state index in [-0.39, 0.29) is 6.54 Å². The molecule has 0 unspecified atom stereocenters. The molecule has 3 aromatic rings. The van der Waals surface area contributed by atoms with Crippen molar-refractivity contribution in [2.24, 2.45) is 0 Å². The summed E-state index contributed by atoms with van der Waals surface area (Å²) in [5, 5.41) is 9.90.